The summed E-state index contributed by atoms with van der Waals surface area (Å²) in [7, 11) is 0. The van der Waals surface area contributed by atoms with E-state index in [0.717, 1.165) is 36.7 Å². The minimum absolute atomic E-state index is 0.00312. The average molecular weight is 533 g/mol. The number of nitrogens with zero attached hydrogens (tertiary/aromatic N) is 3. The molecular formula is C30H27F3N4O2. The number of carbonyl (C=O) groups is 1. The second-order valence-corrected chi connectivity index (χ2v) is 9.34. The van der Waals surface area contributed by atoms with Crippen LogP contribution in [0.3, 0.4) is 0 Å². The van der Waals surface area contributed by atoms with Crippen molar-refractivity contribution in [1.29, 1.82) is 0 Å². The van der Waals surface area contributed by atoms with Crippen molar-refractivity contribution in [3.63, 3.8) is 0 Å². The van der Waals surface area contributed by atoms with Crippen LogP contribution in [0.15, 0.2) is 85.2 Å². The van der Waals surface area contributed by atoms with Crippen LogP contribution < -0.4 is 10.1 Å². The quantitative estimate of drug-likeness (QED) is 0.329. The van der Waals surface area contributed by atoms with E-state index < -0.39 is 17.6 Å². The first-order chi connectivity index (χ1) is 18.9. The third kappa shape index (κ3) is 6.61. The smallest absolute Gasteiger partial charge is 0.416 e. The molecule has 0 radical (unpaired) electrons. The normalized spacial score (nSPS) is 13.5. The van der Waals surface area contributed by atoms with Crippen molar-refractivity contribution in [3.8, 4) is 17.1 Å². The first kappa shape index (κ1) is 26.4. The molecule has 0 saturated heterocycles. The van der Waals surface area contributed by atoms with Gasteiger partial charge in [-0.05, 0) is 53.4 Å². The maximum atomic E-state index is 13.3. The van der Waals surface area contributed by atoms with E-state index in [9.17, 15) is 18.0 Å². The maximum absolute atomic E-state index is 13.3. The summed E-state index contributed by atoms with van der Waals surface area (Å²) in [5.41, 5.74) is 3.55. The van der Waals surface area contributed by atoms with Gasteiger partial charge in [0.1, 0.15) is 5.75 Å². The molecule has 200 valence electrons. The standard InChI is InChI=1S/C30H27F3N4O2/c31-30(32,33)26-9-4-3-7-23(26)17-36-28(38)20-39-27-11-10-22(29-34-13-5-14-35-29)16-25(27)19-37-15-12-21-6-1-2-8-24(21)18-37/h1-11,13-14,16H,12,15,17-20H2,(H,36,38). The van der Waals surface area contributed by atoms with Crippen LogP contribution in [0.5, 0.6) is 5.75 Å². The zero-order chi connectivity index (χ0) is 27.2. The number of carbonyl (C=O) groups excluding carboxylic acids is 1. The Morgan fingerprint density at radius 1 is 0.923 bits per heavy atom. The van der Waals surface area contributed by atoms with Gasteiger partial charge >= 0.3 is 6.18 Å². The lowest BCUT2D eigenvalue weighted by atomic mass is 9.99. The number of fused-ring (bicyclic) bond motifs is 1. The van der Waals surface area contributed by atoms with Crippen LogP contribution >= 0.6 is 0 Å². The van der Waals surface area contributed by atoms with Crippen molar-refractivity contribution in [3.05, 3.63) is 113 Å². The van der Waals surface area contributed by atoms with Crippen LogP contribution in [0.2, 0.25) is 0 Å². The van der Waals surface area contributed by atoms with E-state index in [1.807, 2.05) is 18.2 Å². The summed E-state index contributed by atoms with van der Waals surface area (Å²) in [6.07, 6.45) is -0.202. The summed E-state index contributed by atoms with van der Waals surface area (Å²) in [6, 6.07) is 20.9. The highest BCUT2D eigenvalue weighted by atomic mass is 19.4. The molecule has 9 heteroatoms. The Bertz CT molecular complexity index is 1440. The summed E-state index contributed by atoms with van der Waals surface area (Å²) >= 11 is 0. The van der Waals surface area contributed by atoms with Gasteiger partial charge in [-0.1, -0.05) is 42.5 Å². The Balaban J connectivity index is 1.29. The van der Waals surface area contributed by atoms with E-state index in [2.05, 4.69) is 38.4 Å². The van der Waals surface area contributed by atoms with E-state index in [1.54, 1.807) is 24.5 Å². The second-order valence-electron chi connectivity index (χ2n) is 9.34. The van der Waals surface area contributed by atoms with Gasteiger partial charge in [0.2, 0.25) is 0 Å². The zero-order valence-electron chi connectivity index (χ0n) is 21.1. The molecular weight excluding hydrogens is 505 g/mol. The van der Waals surface area contributed by atoms with E-state index in [1.165, 1.54) is 29.3 Å². The first-order valence-corrected chi connectivity index (χ1v) is 12.6. The SMILES string of the molecule is O=C(COc1ccc(-c2ncccn2)cc1CN1CCc2ccccc2C1)NCc1ccccc1C(F)(F)F. The topological polar surface area (TPSA) is 67.3 Å². The van der Waals surface area contributed by atoms with Gasteiger partial charge in [-0.3, -0.25) is 9.69 Å². The van der Waals surface area contributed by atoms with Crippen LogP contribution in [0.4, 0.5) is 13.2 Å². The molecule has 4 aromatic rings. The molecule has 39 heavy (non-hydrogen) atoms. The molecule has 5 rings (SSSR count). The monoisotopic (exact) mass is 532 g/mol. The number of hydrogen-bond donors (Lipinski definition) is 1. The highest BCUT2D eigenvalue weighted by Gasteiger charge is 2.32. The number of nitrogens with one attached hydrogen (secondary N) is 1. The molecule has 0 fully saturated rings. The van der Waals surface area contributed by atoms with Crippen LogP contribution in [0.1, 0.15) is 27.8 Å². The minimum Gasteiger partial charge on any atom is -0.483 e. The Labute approximate surface area is 224 Å². The third-order valence-electron chi connectivity index (χ3n) is 6.65. The molecule has 0 saturated carbocycles. The average Bonchev–Trinajstić information content (AvgIpc) is 2.95. The third-order valence-corrected chi connectivity index (χ3v) is 6.65. The Hall–Kier alpha value is -4.24. The summed E-state index contributed by atoms with van der Waals surface area (Å²) in [5, 5.41) is 2.54. The Kier molecular flexibility index (Phi) is 7.88. The fourth-order valence-electron chi connectivity index (χ4n) is 4.70. The number of alkyl halides is 3. The van der Waals surface area contributed by atoms with Gasteiger partial charge in [-0.25, -0.2) is 9.97 Å². The van der Waals surface area contributed by atoms with E-state index >= 15 is 0 Å². The van der Waals surface area contributed by atoms with Gasteiger partial charge in [0, 0.05) is 49.7 Å². The molecule has 0 aliphatic carbocycles. The molecule has 1 amide bonds. The lowest BCUT2D eigenvalue weighted by Crippen LogP contribution is -2.31. The molecule has 0 bridgehead atoms. The van der Waals surface area contributed by atoms with Gasteiger partial charge in [0.25, 0.3) is 5.91 Å². The maximum Gasteiger partial charge on any atom is 0.416 e. The highest BCUT2D eigenvalue weighted by molar-refractivity contribution is 5.77. The number of ether oxygens (including phenoxy) is 1. The van der Waals surface area contributed by atoms with Gasteiger partial charge in [0.05, 0.1) is 5.56 Å². The molecule has 3 aromatic carbocycles. The predicted octanol–water partition coefficient (Wildman–Crippen LogP) is 5.42. The Morgan fingerprint density at radius 2 is 1.67 bits per heavy atom. The molecule has 0 spiro atoms. The molecule has 1 aliphatic heterocycles. The molecule has 2 heterocycles. The number of aromatic nitrogens is 2. The lowest BCUT2D eigenvalue weighted by molar-refractivity contribution is -0.138. The molecule has 1 aliphatic rings. The van der Waals surface area contributed by atoms with Crippen molar-refractivity contribution in [1.82, 2.24) is 20.2 Å². The van der Waals surface area contributed by atoms with Crippen LogP contribution in [0, 0.1) is 0 Å². The van der Waals surface area contributed by atoms with Crippen LogP contribution in [-0.4, -0.2) is 33.9 Å². The van der Waals surface area contributed by atoms with Crippen molar-refractivity contribution < 1.29 is 22.7 Å². The second kappa shape index (κ2) is 11.7. The van der Waals surface area contributed by atoms with Crippen LogP contribution in [0.25, 0.3) is 11.4 Å². The van der Waals surface area contributed by atoms with E-state index in [4.69, 9.17) is 4.74 Å². The van der Waals surface area contributed by atoms with Crippen molar-refractivity contribution >= 4 is 5.91 Å². The van der Waals surface area contributed by atoms with Crippen LogP contribution in [-0.2, 0) is 37.0 Å². The number of amides is 1. The zero-order valence-corrected chi connectivity index (χ0v) is 21.1. The number of benzene rings is 3. The van der Waals surface area contributed by atoms with E-state index in [0.29, 0.717) is 18.1 Å². The van der Waals surface area contributed by atoms with Crippen molar-refractivity contribution in [2.24, 2.45) is 0 Å². The predicted molar refractivity (Wildman–Crippen MR) is 141 cm³/mol. The largest absolute Gasteiger partial charge is 0.483 e. The van der Waals surface area contributed by atoms with Crippen molar-refractivity contribution in [2.75, 3.05) is 13.2 Å². The molecule has 0 atom stereocenters. The number of hydrogen-bond acceptors (Lipinski definition) is 5. The fraction of sp³-hybridized carbons (Fsp3) is 0.233. The molecule has 6 nitrogen and oxygen atoms in total. The molecule has 1 aromatic heterocycles. The molecule has 1 N–H and O–H groups in total. The summed E-state index contributed by atoms with van der Waals surface area (Å²) in [6.45, 7) is 1.68. The number of halogens is 3. The Morgan fingerprint density at radius 3 is 2.46 bits per heavy atom. The van der Waals surface area contributed by atoms with Crippen molar-refractivity contribution in [2.45, 2.75) is 32.2 Å². The fourth-order valence-corrected chi connectivity index (χ4v) is 4.70. The van der Waals surface area contributed by atoms with E-state index in [-0.39, 0.29) is 18.7 Å². The highest BCUT2D eigenvalue weighted by Crippen LogP contribution is 2.32. The van der Waals surface area contributed by atoms with Gasteiger partial charge in [-0.15, -0.1) is 0 Å². The van der Waals surface area contributed by atoms with Gasteiger partial charge in [-0.2, -0.15) is 13.2 Å². The summed E-state index contributed by atoms with van der Waals surface area (Å²) in [4.78, 5) is 23.5. The summed E-state index contributed by atoms with van der Waals surface area (Å²) in [5.74, 6) is 0.593. The van der Waals surface area contributed by atoms with Gasteiger partial charge < -0.3 is 10.1 Å². The number of rotatable bonds is 8. The molecule has 0 unspecified atom stereocenters. The lowest BCUT2D eigenvalue weighted by Gasteiger charge is -2.29. The summed E-state index contributed by atoms with van der Waals surface area (Å²) < 4.78 is 45.7. The minimum atomic E-state index is -4.49. The first-order valence-electron chi connectivity index (χ1n) is 12.6. The van der Waals surface area contributed by atoms with Gasteiger partial charge in [0.15, 0.2) is 12.4 Å².